The number of benzene rings is 1. The summed E-state index contributed by atoms with van der Waals surface area (Å²) < 4.78 is 13.6. The molecule has 0 saturated heterocycles. The Hall–Kier alpha value is -1.09. The maximum atomic E-state index is 13.6. The fourth-order valence-electron chi connectivity index (χ4n) is 2.40. The van der Waals surface area contributed by atoms with Gasteiger partial charge in [0.15, 0.2) is 0 Å². The number of para-hydroxylation sites is 1. The number of hydrogen-bond donors (Lipinski definition) is 2. The van der Waals surface area contributed by atoms with Crippen LogP contribution < -0.4 is 10.6 Å². The highest BCUT2D eigenvalue weighted by Crippen LogP contribution is 2.33. The molecule has 1 fully saturated rings. The molecule has 1 aliphatic carbocycles. The number of rotatable bonds is 3. The summed E-state index contributed by atoms with van der Waals surface area (Å²) >= 11 is 0. The topological polar surface area (TPSA) is 24.1 Å². The number of halogens is 1. The molecule has 1 aliphatic heterocycles. The summed E-state index contributed by atoms with van der Waals surface area (Å²) in [4.78, 5) is 0. The second-order valence-electron chi connectivity index (χ2n) is 4.80. The summed E-state index contributed by atoms with van der Waals surface area (Å²) in [5.41, 5.74) is 1.86. The molecule has 1 heterocycles. The molecule has 0 radical (unpaired) electrons. The van der Waals surface area contributed by atoms with Gasteiger partial charge in [0.1, 0.15) is 5.82 Å². The van der Waals surface area contributed by atoms with E-state index in [0.29, 0.717) is 5.92 Å². The first-order valence-electron chi connectivity index (χ1n) is 6.10. The average molecular weight is 220 g/mol. The molecule has 3 rings (SSSR count). The Kier molecular flexibility index (Phi) is 2.56. The van der Waals surface area contributed by atoms with Gasteiger partial charge in [-0.1, -0.05) is 12.1 Å². The van der Waals surface area contributed by atoms with Gasteiger partial charge in [0.2, 0.25) is 0 Å². The summed E-state index contributed by atoms with van der Waals surface area (Å²) in [6, 6.07) is 6.12. The Morgan fingerprint density at radius 2 is 2.19 bits per heavy atom. The lowest BCUT2D eigenvalue weighted by atomic mass is 9.90. The largest absolute Gasteiger partial charge is 0.382 e. The van der Waals surface area contributed by atoms with Gasteiger partial charge in [0.25, 0.3) is 0 Å². The first kappa shape index (κ1) is 10.1. The van der Waals surface area contributed by atoms with Gasteiger partial charge in [-0.2, -0.15) is 0 Å². The summed E-state index contributed by atoms with van der Waals surface area (Å²) in [6.07, 6.45) is 3.71. The van der Waals surface area contributed by atoms with Gasteiger partial charge < -0.3 is 10.6 Å². The second kappa shape index (κ2) is 4.06. The van der Waals surface area contributed by atoms with Gasteiger partial charge in [-0.25, -0.2) is 4.39 Å². The van der Waals surface area contributed by atoms with E-state index in [4.69, 9.17) is 0 Å². The quantitative estimate of drug-likeness (QED) is 0.817. The van der Waals surface area contributed by atoms with Crippen LogP contribution in [0.4, 0.5) is 10.1 Å². The molecule has 2 nitrogen and oxygen atoms in total. The Labute approximate surface area is 95.2 Å². The lowest BCUT2D eigenvalue weighted by Gasteiger charge is -2.27. The number of anilines is 1. The van der Waals surface area contributed by atoms with Crippen molar-refractivity contribution in [1.82, 2.24) is 5.32 Å². The Morgan fingerprint density at radius 3 is 3.00 bits per heavy atom. The van der Waals surface area contributed by atoms with Gasteiger partial charge in [-0.15, -0.1) is 0 Å². The summed E-state index contributed by atoms with van der Waals surface area (Å²) in [5, 5.41) is 6.70. The summed E-state index contributed by atoms with van der Waals surface area (Å²) in [6.45, 7) is 1.87. The van der Waals surface area contributed by atoms with Crippen molar-refractivity contribution in [2.24, 2.45) is 0 Å². The minimum atomic E-state index is -0.117. The van der Waals surface area contributed by atoms with Crippen molar-refractivity contribution >= 4 is 5.69 Å². The zero-order valence-corrected chi connectivity index (χ0v) is 9.30. The van der Waals surface area contributed by atoms with Gasteiger partial charge in [0.05, 0.1) is 5.69 Å². The fraction of sp³-hybridized carbons (Fsp3) is 0.538. The molecule has 1 unspecified atom stereocenters. The molecular formula is C13H17FN2. The molecule has 2 aliphatic rings. The lowest BCUT2D eigenvalue weighted by Crippen LogP contribution is -2.28. The Bertz CT molecular complexity index is 388. The van der Waals surface area contributed by atoms with Crippen LogP contribution in [0.1, 0.15) is 30.7 Å². The van der Waals surface area contributed by atoms with Crippen LogP contribution in [0.25, 0.3) is 0 Å². The minimum Gasteiger partial charge on any atom is -0.382 e. The van der Waals surface area contributed by atoms with Crippen molar-refractivity contribution in [3.05, 3.63) is 29.6 Å². The molecular weight excluding hydrogens is 203 g/mol. The highest BCUT2D eigenvalue weighted by molar-refractivity contribution is 5.56. The van der Waals surface area contributed by atoms with Gasteiger partial charge in [0, 0.05) is 25.0 Å². The SMILES string of the molecule is Fc1cccc2c1NCCC2CNC1CC1. The smallest absolute Gasteiger partial charge is 0.146 e. The first-order chi connectivity index (χ1) is 7.84. The molecule has 0 spiro atoms. The van der Waals surface area contributed by atoms with E-state index in [9.17, 15) is 4.39 Å². The van der Waals surface area contributed by atoms with Gasteiger partial charge >= 0.3 is 0 Å². The van der Waals surface area contributed by atoms with Crippen molar-refractivity contribution in [1.29, 1.82) is 0 Å². The first-order valence-corrected chi connectivity index (χ1v) is 6.10. The van der Waals surface area contributed by atoms with E-state index in [1.807, 2.05) is 12.1 Å². The standard InChI is InChI=1S/C13H17FN2/c14-12-3-1-2-11-9(6-7-15-13(11)12)8-16-10-4-5-10/h1-3,9-10,15-16H,4-8H2. The maximum Gasteiger partial charge on any atom is 0.146 e. The molecule has 86 valence electrons. The normalized spacial score (nSPS) is 23.7. The molecule has 0 bridgehead atoms. The molecule has 16 heavy (non-hydrogen) atoms. The summed E-state index contributed by atoms with van der Waals surface area (Å²) in [7, 11) is 0. The predicted octanol–water partition coefficient (Wildman–Crippen LogP) is 2.48. The third kappa shape index (κ3) is 1.92. The van der Waals surface area contributed by atoms with Crippen LogP contribution in [-0.4, -0.2) is 19.1 Å². The minimum absolute atomic E-state index is 0.117. The van der Waals surface area contributed by atoms with Crippen molar-refractivity contribution in [3.8, 4) is 0 Å². The van der Waals surface area contributed by atoms with Gasteiger partial charge in [-0.3, -0.25) is 0 Å². The van der Waals surface area contributed by atoms with Crippen LogP contribution in [-0.2, 0) is 0 Å². The molecule has 0 amide bonds. The van der Waals surface area contributed by atoms with Crippen molar-refractivity contribution in [2.75, 3.05) is 18.4 Å². The molecule has 3 heteroatoms. The van der Waals surface area contributed by atoms with Crippen LogP contribution >= 0.6 is 0 Å². The number of fused-ring (bicyclic) bond motifs is 1. The van der Waals surface area contributed by atoms with Crippen LogP contribution in [0, 0.1) is 5.82 Å². The Morgan fingerprint density at radius 1 is 1.31 bits per heavy atom. The highest BCUT2D eigenvalue weighted by Gasteiger charge is 2.25. The van der Waals surface area contributed by atoms with E-state index >= 15 is 0 Å². The maximum absolute atomic E-state index is 13.6. The average Bonchev–Trinajstić information content (AvgIpc) is 3.11. The van der Waals surface area contributed by atoms with Crippen LogP contribution in [0.3, 0.4) is 0 Å². The summed E-state index contributed by atoms with van der Waals surface area (Å²) in [5.74, 6) is 0.348. The highest BCUT2D eigenvalue weighted by atomic mass is 19.1. The molecule has 1 saturated carbocycles. The van der Waals surface area contributed by atoms with Crippen molar-refractivity contribution in [2.45, 2.75) is 31.2 Å². The predicted molar refractivity (Wildman–Crippen MR) is 63.3 cm³/mol. The van der Waals surface area contributed by atoms with E-state index < -0.39 is 0 Å². The molecule has 2 N–H and O–H groups in total. The van der Waals surface area contributed by atoms with E-state index in [1.165, 1.54) is 18.9 Å². The number of hydrogen-bond acceptors (Lipinski definition) is 2. The Balaban J connectivity index is 1.78. The fourth-order valence-corrected chi connectivity index (χ4v) is 2.40. The number of nitrogens with one attached hydrogen (secondary N) is 2. The van der Waals surface area contributed by atoms with E-state index in [0.717, 1.165) is 36.8 Å². The third-order valence-corrected chi connectivity index (χ3v) is 3.51. The van der Waals surface area contributed by atoms with Crippen molar-refractivity contribution < 1.29 is 4.39 Å². The van der Waals surface area contributed by atoms with E-state index in [1.54, 1.807) is 0 Å². The van der Waals surface area contributed by atoms with Crippen molar-refractivity contribution in [3.63, 3.8) is 0 Å². The van der Waals surface area contributed by atoms with E-state index in [2.05, 4.69) is 10.6 Å². The molecule has 1 aromatic rings. The zero-order valence-electron chi connectivity index (χ0n) is 9.30. The molecule has 0 aromatic heterocycles. The van der Waals surface area contributed by atoms with Crippen LogP contribution in [0.5, 0.6) is 0 Å². The third-order valence-electron chi connectivity index (χ3n) is 3.51. The monoisotopic (exact) mass is 220 g/mol. The van der Waals surface area contributed by atoms with Gasteiger partial charge in [-0.05, 0) is 30.9 Å². The van der Waals surface area contributed by atoms with Crippen LogP contribution in [0.15, 0.2) is 18.2 Å². The molecule has 1 aromatic carbocycles. The molecule has 1 atom stereocenters. The second-order valence-corrected chi connectivity index (χ2v) is 4.80. The lowest BCUT2D eigenvalue weighted by molar-refractivity contribution is 0.540. The van der Waals surface area contributed by atoms with E-state index in [-0.39, 0.29) is 5.82 Å². The van der Waals surface area contributed by atoms with Crippen LogP contribution in [0.2, 0.25) is 0 Å². The zero-order chi connectivity index (χ0) is 11.0.